The zero-order valence-electron chi connectivity index (χ0n) is 16.5. The number of anilines is 1. The topological polar surface area (TPSA) is 55.1 Å². The molecule has 1 aromatic heterocycles. The number of amides is 1. The number of benzene rings is 2. The number of aryl methyl sites for hydroxylation is 1. The molecule has 0 aliphatic rings. The van der Waals surface area contributed by atoms with Crippen LogP contribution in [0.5, 0.6) is 0 Å². The summed E-state index contributed by atoms with van der Waals surface area (Å²) in [6.07, 6.45) is 3.89. The third kappa shape index (κ3) is 9.49. The second-order valence-electron chi connectivity index (χ2n) is 6.89. The van der Waals surface area contributed by atoms with Crippen LogP contribution in [0.15, 0.2) is 65.2 Å². The van der Waals surface area contributed by atoms with Crippen molar-refractivity contribution in [3.63, 3.8) is 0 Å². The van der Waals surface area contributed by atoms with Crippen LogP contribution in [0.4, 0.5) is 5.69 Å². The van der Waals surface area contributed by atoms with E-state index in [1.54, 1.807) is 18.2 Å². The average molecular weight is 388 g/mol. The minimum absolute atomic E-state index is 0. The zero-order chi connectivity index (χ0) is 18.8. The maximum absolute atomic E-state index is 11.7. The summed E-state index contributed by atoms with van der Waals surface area (Å²) in [5, 5.41) is 6.34. The Hall–Kier alpha value is -1.24. The Labute approximate surface area is 204 Å². The van der Waals surface area contributed by atoms with Crippen molar-refractivity contribution in [1.82, 2.24) is 5.16 Å². The number of hydrogen-bond donors (Lipinski definition) is 1. The zero-order valence-corrected chi connectivity index (χ0v) is 19.6. The molecule has 0 saturated carbocycles. The van der Waals surface area contributed by atoms with Crippen LogP contribution in [-0.2, 0) is 16.6 Å². The molecule has 27 heavy (non-hydrogen) atoms. The Bertz CT molecular complexity index is 767. The van der Waals surface area contributed by atoms with Gasteiger partial charge >= 0.3 is 51.4 Å². The van der Waals surface area contributed by atoms with Crippen molar-refractivity contribution in [3.8, 4) is 0 Å². The second-order valence-corrected chi connectivity index (χ2v) is 6.89. The summed E-state index contributed by atoms with van der Waals surface area (Å²) in [4.78, 5) is 11.7. The van der Waals surface area contributed by atoms with Gasteiger partial charge < -0.3 is 9.84 Å². The molecule has 0 atom stereocenters. The van der Waals surface area contributed by atoms with E-state index in [0.717, 1.165) is 17.9 Å². The first-order chi connectivity index (χ1) is 12.4. The predicted molar refractivity (Wildman–Crippen MR) is 103 cm³/mol. The number of carbonyl (C=O) groups excluding carboxylic acids is 1. The largest absolute Gasteiger partial charge is 1.00 e. The summed E-state index contributed by atoms with van der Waals surface area (Å²) < 4.78 is 4.89. The number of rotatable bonds is 4. The Balaban J connectivity index is 0.000000310. The summed E-state index contributed by atoms with van der Waals surface area (Å²) in [6, 6.07) is 21.9. The van der Waals surface area contributed by atoms with Crippen molar-refractivity contribution in [3.05, 3.63) is 84.3 Å². The fourth-order valence-electron chi connectivity index (χ4n) is 2.14. The van der Waals surface area contributed by atoms with E-state index in [0.29, 0.717) is 6.42 Å². The molecule has 0 bridgehead atoms. The number of nitrogens with one attached hydrogen (secondary N) is 1. The van der Waals surface area contributed by atoms with E-state index >= 15 is 0 Å². The van der Waals surface area contributed by atoms with Crippen molar-refractivity contribution in [2.45, 2.75) is 39.0 Å². The molecule has 0 unspecified atom stereocenters. The van der Waals surface area contributed by atoms with Gasteiger partial charge in [-0.25, -0.2) is 5.16 Å². The molecule has 1 heterocycles. The van der Waals surface area contributed by atoms with Gasteiger partial charge in [0, 0.05) is 6.42 Å². The Morgan fingerprint density at radius 3 is 2.30 bits per heavy atom. The van der Waals surface area contributed by atoms with Crippen molar-refractivity contribution in [2.75, 3.05) is 5.32 Å². The molecule has 0 aliphatic carbocycles. The summed E-state index contributed by atoms with van der Waals surface area (Å²) in [5.41, 5.74) is 2.07. The molecule has 136 valence electrons. The Kier molecular flexibility index (Phi) is 10.8. The summed E-state index contributed by atoms with van der Waals surface area (Å²) in [5.74, 6) is 0.919. The van der Waals surface area contributed by atoms with Gasteiger partial charge in [0.15, 0.2) is 0 Å². The van der Waals surface area contributed by atoms with Crippen molar-refractivity contribution in [2.24, 2.45) is 0 Å². The summed E-state index contributed by atoms with van der Waals surface area (Å²) in [7, 11) is 0. The van der Waals surface area contributed by atoms with E-state index in [1.807, 2.05) is 42.5 Å². The Morgan fingerprint density at radius 2 is 1.78 bits per heavy atom. The quantitative estimate of drug-likeness (QED) is 0.549. The first-order valence-electron chi connectivity index (χ1n) is 8.58. The van der Waals surface area contributed by atoms with Gasteiger partial charge in [-0.15, -0.1) is 18.3 Å². The minimum atomic E-state index is 0. The number of nitrogens with zero attached hydrogens (tertiary/aromatic N) is 1. The third-order valence-electron chi connectivity index (χ3n) is 3.62. The van der Waals surface area contributed by atoms with Crippen LogP contribution in [0.25, 0.3) is 0 Å². The number of hydrogen-bond acceptors (Lipinski definition) is 3. The molecule has 0 radical (unpaired) electrons. The van der Waals surface area contributed by atoms with E-state index in [-0.39, 0.29) is 62.7 Å². The number of carbonyl (C=O) groups is 1. The maximum atomic E-state index is 11.7. The van der Waals surface area contributed by atoms with Crippen LogP contribution in [-0.4, -0.2) is 11.1 Å². The monoisotopic (exact) mass is 387 g/mol. The molecule has 0 saturated heterocycles. The van der Waals surface area contributed by atoms with Gasteiger partial charge in [0.2, 0.25) is 5.91 Å². The van der Waals surface area contributed by atoms with E-state index < -0.39 is 0 Å². The summed E-state index contributed by atoms with van der Waals surface area (Å²) >= 11 is 0. The third-order valence-corrected chi connectivity index (χ3v) is 3.62. The minimum Gasteiger partial charge on any atom is -0.470 e. The summed E-state index contributed by atoms with van der Waals surface area (Å²) in [6.45, 7) is 6.21. The van der Waals surface area contributed by atoms with E-state index in [4.69, 9.17) is 4.52 Å². The molecule has 1 N–H and O–H groups in total. The SMILES string of the molecule is CC(C)(C)c1c[c-]no1.O=C(CCc1ccccc1)Nc1cc[c-]cc1.[K+]. The normalized spacial score (nSPS) is 10.2. The van der Waals surface area contributed by atoms with Crippen LogP contribution < -0.4 is 56.7 Å². The molecule has 4 nitrogen and oxygen atoms in total. The predicted octanol–water partition coefficient (Wildman–Crippen LogP) is 1.83. The van der Waals surface area contributed by atoms with Crippen molar-refractivity contribution >= 4 is 11.6 Å². The van der Waals surface area contributed by atoms with E-state index in [9.17, 15) is 4.79 Å². The molecule has 0 aliphatic heterocycles. The number of aromatic nitrogens is 1. The molecule has 5 heteroatoms. The van der Waals surface area contributed by atoms with Gasteiger partial charge in [-0.1, -0.05) is 56.8 Å². The van der Waals surface area contributed by atoms with Crippen LogP contribution in [0, 0.1) is 12.3 Å². The van der Waals surface area contributed by atoms with Gasteiger partial charge in [0.25, 0.3) is 0 Å². The van der Waals surface area contributed by atoms with Crippen LogP contribution in [0.2, 0.25) is 0 Å². The van der Waals surface area contributed by atoms with Gasteiger partial charge in [0.1, 0.15) is 0 Å². The molecule has 0 spiro atoms. The van der Waals surface area contributed by atoms with Crippen LogP contribution in [0.1, 0.15) is 38.5 Å². The van der Waals surface area contributed by atoms with Gasteiger partial charge in [-0.2, -0.15) is 24.3 Å². The average Bonchev–Trinajstić information content (AvgIpc) is 3.18. The van der Waals surface area contributed by atoms with Crippen LogP contribution >= 0.6 is 0 Å². The smallest absolute Gasteiger partial charge is 0.470 e. The molecule has 3 aromatic rings. The van der Waals surface area contributed by atoms with Gasteiger partial charge in [0.05, 0.1) is 0 Å². The fourth-order valence-corrected chi connectivity index (χ4v) is 2.14. The molecule has 3 rings (SSSR count). The first-order valence-corrected chi connectivity index (χ1v) is 8.58. The van der Waals surface area contributed by atoms with Crippen molar-refractivity contribution < 1.29 is 60.7 Å². The molecular weight excluding hydrogens is 363 g/mol. The maximum Gasteiger partial charge on any atom is 1.00 e. The molecule has 0 fully saturated rings. The van der Waals surface area contributed by atoms with Crippen molar-refractivity contribution in [1.29, 1.82) is 0 Å². The van der Waals surface area contributed by atoms with Gasteiger partial charge in [-0.05, 0) is 23.2 Å². The van der Waals surface area contributed by atoms with Gasteiger partial charge in [-0.3, -0.25) is 4.79 Å². The Morgan fingerprint density at radius 1 is 1.11 bits per heavy atom. The van der Waals surface area contributed by atoms with E-state index in [2.05, 4.69) is 43.5 Å². The van der Waals surface area contributed by atoms with E-state index in [1.165, 1.54) is 5.56 Å². The first kappa shape index (κ1) is 23.8. The standard InChI is InChI=1S/C15H14NO.C7H10NO.K/c17-15(16-14-9-5-2-6-10-14)12-11-13-7-3-1-4-8-13;1-7(2,3)6-4-5-8-9-6;/h1,3-10H,11-12H2,(H,16,17);4H,1-3H3;/q2*-1;+1. The van der Waals surface area contributed by atoms with Crippen LogP contribution in [0.3, 0.4) is 0 Å². The second kappa shape index (κ2) is 12.3. The molecule has 1 amide bonds. The molecular formula is C22H24KN2O2-. The fraction of sp³-hybridized carbons (Fsp3) is 0.273. The molecule has 2 aromatic carbocycles.